The smallest absolute Gasteiger partial charge is 0.263 e. The molecule has 3 amide bonds. The summed E-state index contributed by atoms with van der Waals surface area (Å²) in [6.45, 7) is 0.339. The van der Waals surface area contributed by atoms with Gasteiger partial charge in [-0.05, 0) is 23.6 Å². The number of carbonyl (C=O) groups is 3. The second-order valence-corrected chi connectivity index (χ2v) is 6.47. The predicted molar refractivity (Wildman–Crippen MR) is 87.9 cm³/mol. The first-order valence-corrected chi connectivity index (χ1v) is 8.27. The lowest BCUT2D eigenvalue weighted by Crippen LogP contribution is -2.38. The summed E-state index contributed by atoms with van der Waals surface area (Å²) in [4.78, 5) is 38.4. The molecule has 0 aliphatic carbocycles. The van der Waals surface area contributed by atoms with Gasteiger partial charge < -0.3 is 5.32 Å². The molecule has 0 fully saturated rings. The van der Waals surface area contributed by atoms with E-state index in [4.69, 9.17) is 11.6 Å². The number of nitrogens with zero attached hydrogens (tertiary/aromatic N) is 1. The zero-order chi connectivity index (χ0) is 16.4. The standard InChI is InChI=1S/C16H13ClN2O3S/c17-12-5-1-4-11-14(12)16(22)19(15(11)21)7-6-18-13(20)9-10-3-2-8-23-10/h1-5,8H,6-7,9H2,(H,18,20). The number of hydrogen-bond donors (Lipinski definition) is 1. The molecule has 118 valence electrons. The molecule has 1 aliphatic heterocycles. The number of halogens is 1. The van der Waals surface area contributed by atoms with Crippen LogP contribution in [0.5, 0.6) is 0 Å². The highest BCUT2D eigenvalue weighted by atomic mass is 35.5. The molecule has 0 saturated heterocycles. The number of hydrogen-bond acceptors (Lipinski definition) is 4. The van der Waals surface area contributed by atoms with Gasteiger partial charge in [-0.1, -0.05) is 23.7 Å². The van der Waals surface area contributed by atoms with Crippen LogP contribution in [0.4, 0.5) is 0 Å². The number of thiophene rings is 1. The molecule has 0 atom stereocenters. The third kappa shape index (κ3) is 3.13. The third-order valence-corrected chi connectivity index (χ3v) is 4.71. The predicted octanol–water partition coefficient (Wildman–Crippen LogP) is 2.36. The highest BCUT2D eigenvalue weighted by molar-refractivity contribution is 7.10. The van der Waals surface area contributed by atoms with Crippen molar-refractivity contribution in [1.82, 2.24) is 10.2 Å². The number of amides is 3. The molecule has 0 saturated carbocycles. The fourth-order valence-corrected chi connectivity index (χ4v) is 3.40. The number of fused-ring (bicyclic) bond motifs is 1. The Hall–Kier alpha value is -2.18. The molecule has 3 rings (SSSR count). The molecule has 2 heterocycles. The van der Waals surface area contributed by atoms with E-state index < -0.39 is 5.91 Å². The van der Waals surface area contributed by atoms with Gasteiger partial charge in [-0.3, -0.25) is 19.3 Å². The van der Waals surface area contributed by atoms with Crippen LogP contribution in [0, 0.1) is 0 Å². The van der Waals surface area contributed by atoms with Gasteiger partial charge in [-0.15, -0.1) is 11.3 Å². The van der Waals surface area contributed by atoms with Crippen molar-refractivity contribution in [3.63, 3.8) is 0 Å². The Morgan fingerprint density at radius 3 is 2.70 bits per heavy atom. The molecule has 0 unspecified atom stereocenters. The first-order chi connectivity index (χ1) is 11.1. The van der Waals surface area contributed by atoms with Crippen molar-refractivity contribution >= 4 is 40.7 Å². The van der Waals surface area contributed by atoms with E-state index in [-0.39, 0.29) is 35.5 Å². The fraction of sp³-hybridized carbons (Fsp3) is 0.188. The van der Waals surface area contributed by atoms with Crippen LogP contribution in [0.15, 0.2) is 35.7 Å². The quantitative estimate of drug-likeness (QED) is 0.843. The molecule has 1 aromatic carbocycles. The molecule has 0 spiro atoms. The van der Waals surface area contributed by atoms with Gasteiger partial charge in [-0.2, -0.15) is 0 Å². The molecule has 0 radical (unpaired) electrons. The Labute approximate surface area is 141 Å². The number of rotatable bonds is 5. The first kappa shape index (κ1) is 15.7. The summed E-state index contributed by atoms with van der Waals surface area (Å²) in [7, 11) is 0. The minimum atomic E-state index is -0.414. The maximum absolute atomic E-state index is 12.3. The average Bonchev–Trinajstić information content (AvgIpc) is 3.10. The van der Waals surface area contributed by atoms with Crippen LogP contribution in [-0.4, -0.2) is 35.7 Å². The molecule has 1 aromatic heterocycles. The van der Waals surface area contributed by atoms with Crippen LogP contribution in [0.2, 0.25) is 5.02 Å². The minimum absolute atomic E-state index is 0.124. The van der Waals surface area contributed by atoms with Crippen LogP contribution >= 0.6 is 22.9 Å². The van der Waals surface area contributed by atoms with E-state index in [1.54, 1.807) is 18.2 Å². The van der Waals surface area contributed by atoms with Gasteiger partial charge in [0.2, 0.25) is 5.91 Å². The summed E-state index contributed by atoms with van der Waals surface area (Å²) < 4.78 is 0. The van der Waals surface area contributed by atoms with E-state index >= 15 is 0 Å². The van der Waals surface area contributed by atoms with Crippen molar-refractivity contribution in [2.75, 3.05) is 13.1 Å². The molecular formula is C16H13ClN2O3S. The van der Waals surface area contributed by atoms with Gasteiger partial charge >= 0.3 is 0 Å². The van der Waals surface area contributed by atoms with Gasteiger partial charge in [0.15, 0.2) is 0 Å². The lowest BCUT2D eigenvalue weighted by molar-refractivity contribution is -0.120. The van der Waals surface area contributed by atoms with Gasteiger partial charge in [0.25, 0.3) is 11.8 Å². The summed E-state index contributed by atoms with van der Waals surface area (Å²) in [5.74, 6) is -0.926. The maximum Gasteiger partial charge on any atom is 0.263 e. The Morgan fingerprint density at radius 2 is 2.00 bits per heavy atom. The zero-order valence-electron chi connectivity index (χ0n) is 12.0. The summed E-state index contributed by atoms with van der Waals surface area (Å²) >= 11 is 7.50. The molecule has 23 heavy (non-hydrogen) atoms. The van der Waals surface area contributed by atoms with Crippen molar-refractivity contribution in [3.05, 3.63) is 56.7 Å². The fourth-order valence-electron chi connectivity index (χ4n) is 2.44. The van der Waals surface area contributed by atoms with Crippen LogP contribution < -0.4 is 5.32 Å². The second kappa shape index (κ2) is 6.52. The number of nitrogens with one attached hydrogen (secondary N) is 1. The van der Waals surface area contributed by atoms with Crippen LogP contribution in [0.1, 0.15) is 25.6 Å². The third-order valence-electron chi connectivity index (χ3n) is 3.52. The molecule has 0 bridgehead atoms. The maximum atomic E-state index is 12.3. The van der Waals surface area contributed by atoms with Gasteiger partial charge in [-0.25, -0.2) is 0 Å². The monoisotopic (exact) mass is 348 g/mol. The van der Waals surface area contributed by atoms with Crippen LogP contribution in [-0.2, 0) is 11.2 Å². The number of benzene rings is 1. The van der Waals surface area contributed by atoms with Gasteiger partial charge in [0.1, 0.15) is 0 Å². The normalized spacial score (nSPS) is 13.3. The molecular weight excluding hydrogens is 336 g/mol. The molecule has 1 N–H and O–H groups in total. The van der Waals surface area contributed by atoms with Crippen LogP contribution in [0.3, 0.4) is 0 Å². The average molecular weight is 349 g/mol. The summed E-state index contributed by atoms with van der Waals surface area (Å²) in [6.07, 6.45) is 0.297. The van der Waals surface area contributed by atoms with Gasteiger partial charge in [0, 0.05) is 18.0 Å². The summed E-state index contributed by atoms with van der Waals surface area (Å²) in [6, 6.07) is 8.57. The van der Waals surface area contributed by atoms with Crippen molar-refractivity contribution < 1.29 is 14.4 Å². The van der Waals surface area contributed by atoms with Gasteiger partial charge in [0.05, 0.1) is 22.6 Å². The first-order valence-electron chi connectivity index (χ1n) is 7.01. The highest BCUT2D eigenvalue weighted by Crippen LogP contribution is 2.28. The topological polar surface area (TPSA) is 66.5 Å². The highest BCUT2D eigenvalue weighted by Gasteiger charge is 2.36. The van der Waals surface area contributed by atoms with Crippen molar-refractivity contribution in [1.29, 1.82) is 0 Å². The van der Waals surface area contributed by atoms with Crippen molar-refractivity contribution in [2.45, 2.75) is 6.42 Å². The minimum Gasteiger partial charge on any atom is -0.354 e. The number of carbonyl (C=O) groups excluding carboxylic acids is 3. The largest absolute Gasteiger partial charge is 0.354 e. The van der Waals surface area contributed by atoms with E-state index in [0.29, 0.717) is 12.0 Å². The Morgan fingerprint density at radius 1 is 1.17 bits per heavy atom. The summed E-state index contributed by atoms with van der Waals surface area (Å²) in [5, 5.41) is 4.90. The van der Waals surface area contributed by atoms with E-state index in [1.807, 2.05) is 17.5 Å². The van der Waals surface area contributed by atoms with E-state index in [2.05, 4.69) is 5.32 Å². The van der Waals surface area contributed by atoms with E-state index in [9.17, 15) is 14.4 Å². The Kier molecular flexibility index (Phi) is 4.45. The molecule has 7 heteroatoms. The molecule has 5 nitrogen and oxygen atoms in total. The summed E-state index contributed by atoms with van der Waals surface area (Å²) in [5.41, 5.74) is 0.552. The molecule has 1 aliphatic rings. The lowest BCUT2D eigenvalue weighted by atomic mass is 10.1. The van der Waals surface area contributed by atoms with Crippen molar-refractivity contribution in [3.8, 4) is 0 Å². The Balaban J connectivity index is 1.57. The Bertz CT molecular complexity index is 774. The van der Waals surface area contributed by atoms with E-state index in [1.165, 1.54) is 11.3 Å². The SMILES string of the molecule is O=C(Cc1cccs1)NCCN1C(=O)c2cccc(Cl)c2C1=O. The lowest BCUT2D eigenvalue weighted by Gasteiger charge is -2.14. The zero-order valence-corrected chi connectivity index (χ0v) is 13.6. The number of imide groups is 1. The second-order valence-electron chi connectivity index (χ2n) is 5.03. The van der Waals surface area contributed by atoms with E-state index in [0.717, 1.165) is 9.78 Å². The molecule has 2 aromatic rings. The van der Waals surface area contributed by atoms with Crippen molar-refractivity contribution in [2.24, 2.45) is 0 Å². The van der Waals surface area contributed by atoms with Crippen LogP contribution in [0.25, 0.3) is 0 Å².